The molecule has 0 amide bonds. The molecule has 11 aliphatic heterocycles. The Morgan fingerprint density at radius 3 is 1.20 bits per heavy atom. The van der Waals surface area contributed by atoms with Crippen molar-refractivity contribution in [1.82, 2.24) is 0 Å². The van der Waals surface area contributed by atoms with E-state index in [1.54, 1.807) is 27.7 Å². The maximum atomic E-state index is 10.3. The van der Waals surface area contributed by atoms with Crippen LogP contribution in [0, 0.1) is 29.6 Å². The molecule has 27 unspecified atom stereocenters. The lowest BCUT2D eigenvalue weighted by molar-refractivity contribution is -0.238. The highest BCUT2D eigenvalue weighted by molar-refractivity contribution is 6.43. The number of rotatable bonds is 0. The van der Waals surface area contributed by atoms with Crippen LogP contribution in [0.15, 0.2) is 0 Å². The van der Waals surface area contributed by atoms with E-state index in [1.165, 1.54) is 57.7 Å². The molecule has 134 heavy (non-hydrogen) atoms. The molecular weight excluding hydrogens is 1680 g/mol. The second-order valence-corrected chi connectivity index (χ2v) is 47.2. The molecule has 17 fully saturated rings. The van der Waals surface area contributed by atoms with Gasteiger partial charge in [-0.1, -0.05) is 248 Å². The Bertz CT molecular complexity index is 3170. The van der Waals surface area contributed by atoms with Crippen molar-refractivity contribution in [3.05, 3.63) is 0 Å². The summed E-state index contributed by atoms with van der Waals surface area (Å²) in [4.78, 5) is 0. The van der Waals surface area contributed by atoms with Crippen molar-refractivity contribution in [3.8, 4) is 0 Å². The van der Waals surface area contributed by atoms with E-state index < -0.39 is 58.9 Å². The SMILES string of the molecule is CC1CC[B]C(C)(C)C(C)(O)O1.CC1CC[B]C(C)C(C)(O)O1.CC1CC[B]C2(CCCCC2)C(O)O1.CC1CC[B]C2CCCC2(O)O1.CC1CC[B]C2CCCCC2(O)O1.CC1CC[B]CC(C)(O)O1.CC1C[B]C(C)(C)C(C)(C)OC1.CC1C[B]C(C)C(C)(O)OC1.CC1C[B]C2(CCCCC2)C(O)OC1.CC1C[B]C2CCCC2(O)OC1.CC1C[B]C2CCCCC2(O)OC1. The summed E-state index contributed by atoms with van der Waals surface area (Å²) in [5.41, 5.74) is -0.0161. The van der Waals surface area contributed by atoms with Gasteiger partial charge in [0, 0.05) is 32.3 Å². The zero-order valence-electron chi connectivity index (χ0n) is 89.0. The van der Waals surface area contributed by atoms with Crippen LogP contribution in [0.2, 0.25) is 132 Å². The van der Waals surface area contributed by atoms with Crippen LogP contribution in [0.4, 0.5) is 0 Å². The second-order valence-electron chi connectivity index (χ2n) is 47.2. The maximum Gasteiger partial charge on any atom is 0.161 e. The lowest BCUT2D eigenvalue weighted by Crippen LogP contribution is -2.42. The van der Waals surface area contributed by atoms with Crippen LogP contribution in [-0.4, -0.2) is 265 Å². The number of aliphatic hydroxyl groups excluding tert-OH is 2. The first kappa shape index (κ1) is 121. The monoisotopic (exact) mass is 1870 g/mol. The van der Waals surface area contributed by atoms with Crippen LogP contribution < -0.4 is 0 Å². The fraction of sp³-hybridized carbons (Fsp3) is 1.00. The van der Waals surface area contributed by atoms with Crippen molar-refractivity contribution >= 4 is 80.1 Å². The Morgan fingerprint density at radius 2 is 0.657 bits per heavy atom. The summed E-state index contributed by atoms with van der Waals surface area (Å²) in [5, 5.41) is 99.6. The molecule has 6 aliphatic carbocycles. The van der Waals surface area contributed by atoms with Crippen LogP contribution in [0.3, 0.4) is 0 Å². The van der Waals surface area contributed by atoms with Crippen molar-refractivity contribution in [3.63, 3.8) is 0 Å². The zero-order chi connectivity index (χ0) is 99.3. The number of hydrogen-bond acceptors (Lipinski definition) is 21. The average Bonchev–Trinajstić information content (AvgIpc) is 1.51. The highest BCUT2D eigenvalue weighted by Gasteiger charge is 2.51. The van der Waals surface area contributed by atoms with Crippen LogP contribution in [0.1, 0.15) is 352 Å². The van der Waals surface area contributed by atoms with Gasteiger partial charge in [-0.05, 0) is 239 Å². The lowest BCUT2D eigenvalue weighted by atomic mass is 9.44. The van der Waals surface area contributed by atoms with E-state index in [2.05, 4.69) is 156 Å². The molecule has 11 radical (unpaired) electrons. The fourth-order valence-corrected chi connectivity index (χ4v) is 21.6. The Labute approximate surface area is 826 Å². The molecule has 0 aromatic rings. The predicted molar refractivity (Wildman–Crippen MR) is 554 cm³/mol. The summed E-state index contributed by atoms with van der Waals surface area (Å²) in [5.74, 6) is -2.79. The largest absolute Gasteiger partial charge is 0.376 e. The van der Waals surface area contributed by atoms with Gasteiger partial charge in [-0.15, -0.1) is 0 Å². The van der Waals surface area contributed by atoms with Gasteiger partial charge in [0.25, 0.3) is 0 Å². The third-order valence-corrected chi connectivity index (χ3v) is 33.0. The van der Waals surface area contributed by atoms with E-state index in [-0.39, 0.29) is 86.8 Å². The quantitative estimate of drug-likeness (QED) is 0.101. The molecule has 27 atom stereocenters. The molecule has 2 spiro atoms. The minimum absolute atomic E-state index is 0.0109. The first-order valence-corrected chi connectivity index (χ1v) is 54.2. The molecular formula is C102H192B11O21. The molecule has 0 bridgehead atoms. The van der Waals surface area contributed by atoms with Gasteiger partial charge >= 0.3 is 0 Å². The van der Waals surface area contributed by atoms with E-state index >= 15 is 0 Å². The van der Waals surface area contributed by atoms with E-state index in [0.717, 1.165) is 211 Å². The van der Waals surface area contributed by atoms with Gasteiger partial charge in [-0.25, -0.2) is 0 Å². The van der Waals surface area contributed by atoms with Gasteiger partial charge in [0.05, 0.1) is 68.7 Å². The summed E-state index contributed by atoms with van der Waals surface area (Å²) in [6.45, 7) is 50.5. The van der Waals surface area contributed by atoms with Crippen LogP contribution in [-0.2, 0) is 52.1 Å². The van der Waals surface area contributed by atoms with Crippen molar-refractivity contribution < 1.29 is 103 Å². The molecule has 17 aliphatic rings. The molecule has 6 saturated carbocycles. The van der Waals surface area contributed by atoms with Gasteiger partial charge in [0.15, 0.2) is 58.9 Å². The molecule has 11 heterocycles. The fourth-order valence-electron chi connectivity index (χ4n) is 21.6. The first-order chi connectivity index (χ1) is 62.6. The van der Waals surface area contributed by atoms with Gasteiger partial charge in [-0.3, -0.25) is 0 Å². The summed E-state index contributed by atoms with van der Waals surface area (Å²) in [6.07, 6.45) is 45.4. The minimum atomic E-state index is -1.02. The average molecular weight is 1870 g/mol. The van der Waals surface area contributed by atoms with Gasteiger partial charge < -0.3 is 103 Å². The minimum Gasteiger partial charge on any atom is -0.376 e. The van der Waals surface area contributed by atoms with E-state index in [1.807, 2.05) is 55.4 Å². The smallest absolute Gasteiger partial charge is 0.161 e. The van der Waals surface area contributed by atoms with Crippen LogP contribution >= 0.6 is 0 Å². The topological polar surface area (TPSA) is 304 Å². The first-order valence-electron chi connectivity index (χ1n) is 54.2. The van der Waals surface area contributed by atoms with Crippen LogP contribution in [0.25, 0.3) is 0 Å². The standard InChI is InChI=1S/2C11H20BO2.2C10H18BO2.C10H20BO.2C9H16BO2.C9H18BO2.2C8H16BO2.C7H14BO2/c1-9-5-8-12-11(10(13)14-9)6-3-2-4-7-11;1-9-7-12-11(10(13)14-8-9)5-3-2-4-6-11;1-8-5-7-11-9-4-2-3-6-10(9,12)13-8;1-8-6-11-9-4-2-3-5-10(9,12)13-7-8;1-8-6-11-9(2,3)10(4,5)12-7-8;1-7-4-6-10-8-3-2-5-9(8,11)12-7;1-7-5-10-8-3-2-4-9(8,11)12-6-7;1-7-5-6-10-8(2,3)9(4,11)12-7;1-6-4-9-7(2)8(3,10)11-5-6;1-6-4-5-9-7(2)8(3,10)11-6;1-6-3-4-8-5-7(2,9)10-6/h2*9-10,13H,2-8H2,1H3;2*8-9,12H,2-7H2,1H3;8H,6-7H2,1-5H3;2*7-8,11H,2-6H2,1H3;7,11H,5-6H2,1-4H3;2*6-7,10H,4-5H2,1-3H3;6,9H,3-5H2,1-2H3. The summed E-state index contributed by atoms with van der Waals surface area (Å²) >= 11 is 0. The lowest BCUT2D eigenvalue weighted by Gasteiger charge is -2.39. The van der Waals surface area contributed by atoms with Crippen molar-refractivity contribution in [2.24, 2.45) is 29.6 Å². The molecule has 32 heteroatoms. The van der Waals surface area contributed by atoms with Crippen LogP contribution in [0.5, 0.6) is 0 Å². The molecule has 17 rings (SSSR count). The van der Waals surface area contributed by atoms with Crippen molar-refractivity contribution in [2.75, 3.05) is 33.0 Å². The number of hydrogen-bond donors (Lipinski definition) is 10. The van der Waals surface area contributed by atoms with E-state index in [4.69, 9.17) is 52.1 Å². The highest BCUT2D eigenvalue weighted by atomic mass is 16.7. The summed E-state index contributed by atoms with van der Waals surface area (Å²) < 4.78 is 61.2. The summed E-state index contributed by atoms with van der Waals surface area (Å²) in [7, 11) is 24.6. The Hall–Kier alpha value is -0.126. The molecule has 759 valence electrons. The van der Waals surface area contributed by atoms with Gasteiger partial charge in [0.1, 0.15) is 80.1 Å². The van der Waals surface area contributed by atoms with E-state index in [0.29, 0.717) is 74.0 Å². The highest BCUT2D eigenvalue weighted by Crippen LogP contribution is 2.53. The maximum absolute atomic E-state index is 10.3. The Kier molecular flexibility index (Phi) is 50.1. The normalized spacial score (nSPS) is 42.8. The third-order valence-electron chi connectivity index (χ3n) is 33.0. The predicted octanol–water partition coefficient (Wildman–Crippen LogP) is 19.7. The molecule has 0 aromatic heterocycles. The molecule has 0 aromatic carbocycles. The Morgan fingerprint density at radius 1 is 0.276 bits per heavy atom. The van der Waals surface area contributed by atoms with Crippen molar-refractivity contribution in [2.45, 2.75) is 585 Å². The third kappa shape index (κ3) is 38.9. The second kappa shape index (κ2) is 55.6. The zero-order valence-corrected chi connectivity index (χ0v) is 89.0. The molecule has 11 saturated heterocycles. The number of ether oxygens (including phenoxy) is 11. The number of fused-ring (bicyclic) bond motifs is 4. The van der Waals surface area contributed by atoms with Gasteiger partial charge in [0.2, 0.25) is 0 Å². The van der Waals surface area contributed by atoms with Crippen molar-refractivity contribution in [1.29, 1.82) is 0 Å². The molecule has 10 N–H and O–H groups in total. The molecule has 21 nitrogen and oxygen atoms in total. The Balaban J connectivity index is 0.000000201. The van der Waals surface area contributed by atoms with Gasteiger partial charge in [-0.2, -0.15) is 0 Å². The number of aliphatic hydroxyl groups is 10. The summed E-state index contributed by atoms with van der Waals surface area (Å²) in [6, 6.07) is 0. The van der Waals surface area contributed by atoms with E-state index in [9.17, 15) is 51.1 Å².